The highest BCUT2D eigenvalue weighted by Crippen LogP contribution is 2.40. The van der Waals surface area contributed by atoms with Gasteiger partial charge in [-0.05, 0) is 37.1 Å². The predicted molar refractivity (Wildman–Crippen MR) is 131 cm³/mol. The van der Waals surface area contributed by atoms with Crippen molar-refractivity contribution >= 4 is 35.5 Å². The molecule has 186 valence electrons. The Morgan fingerprint density at radius 1 is 1.17 bits per heavy atom. The zero-order chi connectivity index (χ0) is 25.4. The van der Waals surface area contributed by atoms with Crippen LogP contribution in [0, 0.1) is 12.7 Å². The van der Waals surface area contributed by atoms with E-state index in [1.54, 1.807) is 13.0 Å². The average Bonchev–Trinajstić information content (AvgIpc) is 2.77. The Hall–Kier alpha value is -3.83. The summed E-state index contributed by atoms with van der Waals surface area (Å²) >= 11 is 0. The molecule has 0 bridgehead atoms. The Morgan fingerprint density at radius 3 is 2.66 bits per heavy atom. The van der Waals surface area contributed by atoms with Crippen LogP contribution in [0.4, 0.5) is 15.8 Å². The van der Waals surface area contributed by atoms with Crippen molar-refractivity contribution in [1.29, 1.82) is 0 Å². The third kappa shape index (κ3) is 6.61. The first-order valence-electron chi connectivity index (χ1n) is 11.1. The molecule has 1 aliphatic heterocycles. The summed E-state index contributed by atoms with van der Waals surface area (Å²) in [7, 11) is 0. The highest BCUT2D eigenvalue weighted by Gasteiger charge is 2.23. The Morgan fingerprint density at radius 2 is 1.94 bits per heavy atom. The number of nitrogens with two attached hydrogens (primary N) is 2. The maximum atomic E-state index is 15.0. The number of carbonyl (C=O) groups excluding carboxylic acids is 2. The molecule has 0 saturated carbocycles. The van der Waals surface area contributed by atoms with Gasteiger partial charge in [0.25, 0.3) is 0 Å². The second-order valence-corrected chi connectivity index (χ2v) is 7.75. The van der Waals surface area contributed by atoms with Crippen molar-refractivity contribution in [3.8, 4) is 11.1 Å². The van der Waals surface area contributed by atoms with E-state index >= 15 is 4.39 Å². The molecule has 6 N–H and O–H groups in total. The van der Waals surface area contributed by atoms with Crippen molar-refractivity contribution < 1.29 is 23.5 Å². The molecule has 2 heterocycles. The Kier molecular flexibility index (Phi) is 8.87. The summed E-state index contributed by atoms with van der Waals surface area (Å²) in [5.74, 6) is -1.12. The molecule has 1 aromatic heterocycles. The van der Waals surface area contributed by atoms with Crippen LogP contribution in [0.15, 0.2) is 29.3 Å². The molecular weight excluding hydrogens is 455 g/mol. The van der Waals surface area contributed by atoms with Gasteiger partial charge in [0, 0.05) is 48.7 Å². The van der Waals surface area contributed by atoms with Gasteiger partial charge in [-0.2, -0.15) is 0 Å². The van der Waals surface area contributed by atoms with E-state index in [0.717, 1.165) is 0 Å². The first-order chi connectivity index (χ1) is 16.8. The van der Waals surface area contributed by atoms with Crippen LogP contribution in [0.1, 0.15) is 30.0 Å². The number of hydrogen-bond donors (Lipinski definition) is 4. The molecule has 1 aliphatic rings. The number of benzene rings is 1. The summed E-state index contributed by atoms with van der Waals surface area (Å²) in [4.78, 5) is 32.0. The number of hydrogen-bond acceptors (Lipinski definition) is 8. The number of amides is 2. The number of fused-ring (bicyclic) bond motifs is 1. The van der Waals surface area contributed by atoms with Crippen molar-refractivity contribution in [2.75, 3.05) is 38.7 Å². The number of aliphatic imine (C=N–C) groups is 1. The Bertz CT molecular complexity index is 1170. The second kappa shape index (κ2) is 12.0. The normalized spacial score (nSPS) is 12.1. The first-order valence-corrected chi connectivity index (χ1v) is 11.1. The molecule has 1 aromatic carbocycles. The van der Waals surface area contributed by atoms with Gasteiger partial charge < -0.3 is 31.6 Å². The number of nitrogens with one attached hydrogen (secondary N) is 2. The molecule has 0 unspecified atom stereocenters. The van der Waals surface area contributed by atoms with Crippen LogP contribution in [0.25, 0.3) is 17.2 Å². The quantitative estimate of drug-likeness (QED) is 0.286. The number of rotatable bonds is 12. The molecule has 2 aromatic rings. The molecule has 10 nitrogen and oxygen atoms in total. The molecule has 0 atom stereocenters. The van der Waals surface area contributed by atoms with E-state index in [1.807, 2.05) is 6.92 Å². The van der Waals surface area contributed by atoms with Crippen LogP contribution >= 0.6 is 0 Å². The Balaban J connectivity index is 1.59. The lowest BCUT2D eigenvalue weighted by Gasteiger charge is -2.18. The standard InChI is InChI=1S/C24H29FN6O4/c1-3-34-6-7-35-13-22(33)29-5-4-21(32)31-20(27)9-15-8-16(23(25)24-18(15)11-30-24)17-10-28-12-19(26)14(17)2/h8-12H,3-7,13,26-27H2,1-2H3,(H,29,33)(H,31,32)/b20-9+. The average molecular weight is 485 g/mol. The molecule has 3 rings (SSSR count). The van der Waals surface area contributed by atoms with Gasteiger partial charge in [-0.25, -0.2) is 4.39 Å². The van der Waals surface area contributed by atoms with Crippen molar-refractivity contribution in [2.45, 2.75) is 20.3 Å². The van der Waals surface area contributed by atoms with Gasteiger partial charge in [0.05, 0.1) is 25.1 Å². The third-order valence-corrected chi connectivity index (χ3v) is 5.26. The number of nitrogens with zero attached hydrogens (tertiary/aromatic N) is 2. The summed E-state index contributed by atoms with van der Waals surface area (Å²) in [5, 5.41) is 5.16. The lowest BCUT2D eigenvalue weighted by atomic mass is 9.93. The molecular formula is C24H29FN6O4. The topological polar surface area (TPSA) is 154 Å². The predicted octanol–water partition coefficient (Wildman–Crippen LogP) is 1.78. The van der Waals surface area contributed by atoms with Gasteiger partial charge in [0.15, 0.2) is 5.82 Å². The number of anilines is 1. The van der Waals surface area contributed by atoms with E-state index in [1.165, 1.54) is 24.7 Å². The molecule has 35 heavy (non-hydrogen) atoms. The summed E-state index contributed by atoms with van der Waals surface area (Å²) in [5.41, 5.74) is 15.3. The van der Waals surface area contributed by atoms with E-state index in [4.69, 9.17) is 20.9 Å². The summed E-state index contributed by atoms with van der Waals surface area (Å²) in [6.07, 6.45) is 6.12. The van der Waals surface area contributed by atoms with E-state index in [2.05, 4.69) is 20.6 Å². The van der Waals surface area contributed by atoms with Crippen LogP contribution in [-0.4, -0.2) is 56.0 Å². The van der Waals surface area contributed by atoms with Crippen LogP contribution < -0.4 is 22.1 Å². The number of carbonyl (C=O) groups is 2. The fourth-order valence-corrected chi connectivity index (χ4v) is 3.35. The summed E-state index contributed by atoms with van der Waals surface area (Å²) < 4.78 is 25.3. The molecule has 2 amide bonds. The number of halogens is 1. The number of pyridine rings is 1. The van der Waals surface area contributed by atoms with Crippen LogP contribution in [-0.2, 0) is 19.1 Å². The van der Waals surface area contributed by atoms with Gasteiger partial charge in [0.2, 0.25) is 11.8 Å². The van der Waals surface area contributed by atoms with E-state index in [-0.39, 0.29) is 48.5 Å². The molecule has 0 saturated heterocycles. The van der Waals surface area contributed by atoms with Gasteiger partial charge in [-0.3, -0.25) is 19.6 Å². The Labute approximate surface area is 202 Å². The highest BCUT2D eigenvalue weighted by atomic mass is 19.1. The summed E-state index contributed by atoms with van der Waals surface area (Å²) in [6.45, 7) is 4.98. The smallest absolute Gasteiger partial charge is 0.246 e. The van der Waals surface area contributed by atoms with Gasteiger partial charge in [0.1, 0.15) is 18.1 Å². The van der Waals surface area contributed by atoms with Crippen molar-refractivity contribution in [3.63, 3.8) is 0 Å². The van der Waals surface area contributed by atoms with Crippen molar-refractivity contribution in [1.82, 2.24) is 15.6 Å². The maximum Gasteiger partial charge on any atom is 0.246 e. The molecule has 0 radical (unpaired) electrons. The minimum atomic E-state index is -0.477. The highest BCUT2D eigenvalue weighted by molar-refractivity contribution is 6.02. The van der Waals surface area contributed by atoms with Gasteiger partial charge >= 0.3 is 0 Å². The SMILES string of the molecule is CCOCCOCC(=O)NCCC(=O)N/C(N)=C/c1cc(-c2cncc(N)c2C)c(F)c2c1C=N2. The number of nitrogen functional groups attached to an aromatic ring is 1. The van der Waals surface area contributed by atoms with Crippen molar-refractivity contribution in [2.24, 2.45) is 10.7 Å². The maximum absolute atomic E-state index is 15.0. The molecule has 11 heteroatoms. The lowest BCUT2D eigenvalue weighted by molar-refractivity contribution is -0.126. The van der Waals surface area contributed by atoms with E-state index in [0.29, 0.717) is 47.8 Å². The largest absolute Gasteiger partial charge is 0.397 e. The molecule has 0 fully saturated rings. The van der Waals surface area contributed by atoms with Gasteiger partial charge in [-0.15, -0.1) is 0 Å². The van der Waals surface area contributed by atoms with Crippen LogP contribution in [0.2, 0.25) is 0 Å². The van der Waals surface area contributed by atoms with E-state index in [9.17, 15) is 9.59 Å². The monoisotopic (exact) mass is 484 g/mol. The molecule has 0 aliphatic carbocycles. The minimum Gasteiger partial charge on any atom is -0.397 e. The lowest BCUT2D eigenvalue weighted by Crippen LogP contribution is -2.34. The second-order valence-electron chi connectivity index (χ2n) is 7.75. The first kappa shape index (κ1) is 25.8. The fraction of sp³-hybridized carbons (Fsp3) is 0.333. The zero-order valence-electron chi connectivity index (χ0n) is 19.7. The number of aromatic nitrogens is 1. The zero-order valence-corrected chi connectivity index (χ0v) is 19.7. The number of ether oxygens (including phenoxy) is 2. The van der Waals surface area contributed by atoms with E-state index < -0.39 is 5.82 Å². The molecule has 0 spiro atoms. The third-order valence-electron chi connectivity index (χ3n) is 5.26. The van der Waals surface area contributed by atoms with Crippen LogP contribution in [0.3, 0.4) is 0 Å². The van der Waals surface area contributed by atoms with Crippen molar-refractivity contribution in [3.05, 3.63) is 46.8 Å². The summed E-state index contributed by atoms with van der Waals surface area (Å²) in [6, 6.07) is 1.62. The minimum absolute atomic E-state index is 0.0155. The fourth-order valence-electron chi connectivity index (χ4n) is 3.35. The van der Waals surface area contributed by atoms with Crippen LogP contribution in [0.5, 0.6) is 0 Å². The van der Waals surface area contributed by atoms with Gasteiger partial charge in [-0.1, -0.05) is 0 Å².